The van der Waals surface area contributed by atoms with E-state index in [4.69, 9.17) is 23.7 Å². The molecule has 0 aromatic carbocycles. The maximum Gasteiger partial charge on any atom is 0.302 e. The predicted molar refractivity (Wildman–Crippen MR) is 226 cm³/mol. The molecular weight excluding hydrogens is 741 g/mol. The Hall–Kier alpha value is -1.08. The van der Waals surface area contributed by atoms with Crippen LogP contribution < -0.4 is 5.32 Å². The predicted octanol–water partition coefficient (Wildman–Crippen LogP) is 7.10. The second-order valence-corrected chi connectivity index (χ2v) is 23.0. The Morgan fingerprint density at radius 1 is 0.807 bits per heavy atom. The summed E-state index contributed by atoms with van der Waals surface area (Å²) in [4.78, 5) is 14.5. The van der Waals surface area contributed by atoms with Crippen molar-refractivity contribution in [2.24, 2.45) is 51.2 Å². The lowest BCUT2D eigenvalue weighted by molar-refractivity contribution is -0.246. The number of ether oxygens (including phenoxy) is 5. The molecule has 0 spiro atoms. The van der Waals surface area contributed by atoms with Crippen molar-refractivity contribution in [1.29, 1.82) is 0 Å². The highest BCUT2D eigenvalue weighted by molar-refractivity contribution is 7.91. The molecule has 0 radical (unpaired) electrons. The van der Waals surface area contributed by atoms with Crippen molar-refractivity contribution in [3.8, 4) is 0 Å². The summed E-state index contributed by atoms with van der Waals surface area (Å²) in [5.74, 6) is 3.08. The molecule has 1 saturated heterocycles. The van der Waals surface area contributed by atoms with Crippen LogP contribution in [0.4, 0.5) is 0 Å². The van der Waals surface area contributed by atoms with Crippen LogP contribution in [0.2, 0.25) is 0 Å². The van der Waals surface area contributed by atoms with E-state index in [1.807, 2.05) is 0 Å². The summed E-state index contributed by atoms with van der Waals surface area (Å²) in [5.41, 5.74) is 2.00. The topological polar surface area (TPSA) is 113 Å². The average Bonchev–Trinajstić information content (AvgIpc) is 3.53. The second-order valence-electron chi connectivity index (χ2n) is 20.7. The summed E-state index contributed by atoms with van der Waals surface area (Å²) in [7, 11) is -1.35. The lowest BCUT2D eigenvalue weighted by atomic mass is 9.32. The summed E-state index contributed by atoms with van der Waals surface area (Å²) in [6.45, 7) is 28.4. The second kappa shape index (κ2) is 17.7. The Kier molecular flexibility index (Phi) is 14.1. The van der Waals surface area contributed by atoms with E-state index in [1.54, 1.807) is 14.0 Å². The number of methoxy groups -OCH3 is 1. The van der Waals surface area contributed by atoms with E-state index >= 15 is 0 Å². The molecule has 6 fully saturated rings. The maximum atomic E-state index is 12.5. The van der Waals surface area contributed by atoms with Crippen LogP contribution >= 0.6 is 0 Å². The molecule has 328 valence electrons. The third-order valence-corrected chi connectivity index (χ3v) is 19.4. The average molecular weight is 821 g/mol. The van der Waals surface area contributed by atoms with Crippen molar-refractivity contribution >= 4 is 15.8 Å². The molecule has 1 N–H and O–H groups in total. The zero-order valence-electron chi connectivity index (χ0n) is 37.3. The Morgan fingerprint density at radius 2 is 1.47 bits per heavy atom. The highest BCUT2D eigenvalue weighted by Gasteiger charge is 2.71. The van der Waals surface area contributed by atoms with Crippen molar-refractivity contribution in [2.45, 2.75) is 143 Å². The molecule has 0 amide bonds. The van der Waals surface area contributed by atoms with Gasteiger partial charge in [-0.25, -0.2) is 8.42 Å². The largest absolute Gasteiger partial charge is 0.462 e. The molecule has 1 heterocycles. The molecule has 12 atom stereocenters. The number of hydrogen-bond acceptors (Lipinski definition) is 10. The fourth-order valence-corrected chi connectivity index (χ4v) is 15.9. The Labute approximate surface area is 346 Å². The number of nitrogens with one attached hydrogen (secondary N) is 1. The van der Waals surface area contributed by atoms with Crippen LogP contribution in [0.25, 0.3) is 0 Å². The summed E-state index contributed by atoms with van der Waals surface area (Å²) in [6, 6.07) is 0.0547. The molecule has 0 aromatic heterocycles. The fourth-order valence-electron chi connectivity index (χ4n) is 14.7. The van der Waals surface area contributed by atoms with E-state index in [-0.39, 0.29) is 62.9 Å². The van der Waals surface area contributed by atoms with E-state index in [0.717, 1.165) is 32.2 Å². The zero-order valence-corrected chi connectivity index (χ0v) is 38.1. The third kappa shape index (κ3) is 8.71. The monoisotopic (exact) mass is 821 g/mol. The molecule has 5 saturated carbocycles. The van der Waals surface area contributed by atoms with Gasteiger partial charge in [-0.05, 0) is 124 Å². The van der Waals surface area contributed by atoms with Crippen molar-refractivity contribution in [3.63, 3.8) is 0 Å². The van der Waals surface area contributed by atoms with Crippen LogP contribution in [0.5, 0.6) is 0 Å². The van der Waals surface area contributed by atoms with Gasteiger partial charge in [0.2, 0.25) is 0 Å². The number of hydrogen-bond donors (Lipinski definition) is 1. The van der Waals surface area contributed by atoms with Gasteiger partial charge in [-0.1, -0.05) is 46.8 Å². The minimum Gasteiger partial charge on any atom is -0.462 e. The first-order chi connectivity index (χ1) is 26.9. The summed E-state index contributed by atoms with van der Waals surface area (Å²) in [5, 5.41) is 4.32. The standard InChI is InChI=1S/C46H80N2O8S/c1-32(2)35-13-18-46(47-31-37(48-21-29-57(50,51)30-22-48)33(3)55-28-27-54-26-25-53-24-23-52-10)20-19-44(8)36(41(35)46)11-12-39-43(7)16-15-40(56-34(4)49)42(5,6)38(43)14-17-45(39,44)9/h33,35-41,47H,1,11-31H2,2-10H3/t33-,35+,36-,37-,38+,39-,40+,41-,43+,44-,45-,46+/m1/s1. The summed E-state index contributed by atoms with van der Waals surface area (Å²) in [6.07, 6.45) is 11.7. The van der Waals surface area contributed by atoms with Gasteiger partial charge in [0, 0.05) is 50.7 Å². The Bertz CT molecular complexity index is 1510. The van der Waals surface area contributed by atoms with Crippen molar-refractivity contribution in [1.82, 2.24) is 10.2 Å². The number of allylic oxidation sites excluding steroid dienone is 1. The third-order valence-electron chi connectivity index (χ3n) is 17.8. The summed E-state index contributed by atoms with van der Waals surface area (Å²) >= 11 is 0. The molecule has 57 heavy (non-hydrogen) atoms. The smallest absolute Gasteiger partial charge is 0.302 e. The minimum atomic E-state index is -3.01. The van der Waals surface area contributed by atoms with Gasteiger partial charge in [0.05, 0.1) is 57.3 Å². The minimum absolute atomic E-state index is 0.00313. The SMILES string of the molecule is C=C(C)[C@@H]1CC[C@]2(NC[C@H]([C@@H](C)OCCOCCOCCOC)N3CCS(=O)(=O)CC3)CC[C@]3(C)[C@H](CC[C@@H]4[C@@]5(C)CC[C@H](OC(C)=O)C(C)(C)[C@@H]5CC[C@]43C)[C@@H]12. The van der Waals surface area contributed by atoms with Crippen LogP contribution in [0, 0.1) is 51.2 Å². The quantitative estimate of drug-likeness (QED) is 0.0927. The first kappa shape index (κ1) is 45.4. The van der Waals surface area contributed by atoms with Gasteiger partial charge in [-0.15, -0.1) is 0 Å². The summed E-state index contributed by atoms with van der Waals surface area (Å²) < 4.78 is 53.9. The number of fused-ring (bicyclic) bond motifs is 7. The number of sulfone groups is 1. The molecule has 0 unspecified atom stereocenters. The van der Waals surface area contributed by atoms with E-state index in [2.05, 4.69) is 65.3 Å². The van der Waals surface area contributed by atoms with Gasteiger partial charge >= 0.3 is 5.97 Å². The normalized spacial score (nSPS) is 40.9. The number of rotatable bonds is 17. The lowest BCUT2D eigenvalue weighted by Gasteiger charge is -2.73. The first-order valence-electron chi connectivity index (χ1n) is 22.6. The van der Waals surface area contributed by atoms with Crippen LogP contribution in [0.3, 0.4) is 0 Å². The van der Waals surface area contributed by atoms with Crippen LogP contribution in [-0.2, 0) is 38.3 Å². The van der Waals surface area contributed by atoms with Gasteiger partial charge in [-0.2, -0.15) is 0 Å². The molecule has 11 heteroatoms. The molecule has 1 aliphatic heterocycles. The van der Waals surface area contributed by atoms with E-state index < -0.39 is 9.84 Å². The van der Waals surface area contributed by atoms with Crippen LogP contribution in [0.15, 0.2) is 12.2 Å². The number of esters is 1. The van der Waals surface area contributed by atoms with Gasteiger partial charge in [-0.3, -0.25) is 9.69 Å². The van der Waals surface area contributed by atoms with E-state index in [9.17, 15) is 13.2 Å². The molecule has 0 bridgehead atoms. The molecular formula is C46H80N2O8S. The molecule has 6 aliphatic rings. The highest BCUT2D eigenvalue weighted by Crippen LogP contribution is 2.76. The Balaban J connectivity index is 1.19. The van der Waals surface area contributed by atoms with Gasteiger partial charge in [0.1, 0.15) is 6.10 Å². The van der Waals surface area contributed by atoms with E-state index in [1.165, 1.54) is 44.1 Å². The number of carbonyl (C=O) groups excluding carboxylic acids is 1. The zero-order chi connectivity index (χ0) is 41.4. The van der Waals surface area contributed by atoms with Crippen molar-refractivity contribution in [3.05, 3.63) is 12.2 Å². The number of carbonyl (C=O) groups is 1. The lowest BCUT2D eigenvalue weighted by Crippen LogP contribution is -2.69. The van der Waals surface area contributed by atoms with Crippen molar-refractivity contribution < 1.29 is 36.9 Å². The molecule has 0 aromatic rings. The Morgan fingerprint density at radius 3 is 2.12 bits per heavy atom. The van der Waals surface area contributed by atoms with Gasteiger partial charge in [0.25, 0.3) is 0 Å². The molecule has 6 rings (SSSR count). The van der Waals surface area contributed by atoms with E-state index in [0.29, 0.717) is 82.3 Å². The van der Waals surface area contributed by atoms with Crippen LogP contribution in [0.1, 0.15) is 120 Å². The van der Waals surface area contributed by atoms with Gasteiger partial charge < -0.3 is 29.0 Å². The number of nitrogens with zero attached hydrogens (tertiary/aromatic N) is 1. The maximum absolute atomic E-state index is 12.5. The highest BCUT2D eigenvalue weighted by atomic mass is 32.2. The molecule has 5 aliphatic carbocycles. The van der Waals surface area contributed by atoms with Crippen molar-refractivity contribution in [2.75, 3.05) is 77.9 Å². The van der Waals surface area contributed by atoms with Gasteiger partial charge in [0.15, 0.2) is 9.84 Å². The van der Waals surface area contributed by atoms with Crippen LogP contribution in [-0.4, -0.2) is 121 Å². The first-order valence-corrected chi connectivity index (χ1v) is 24.5. The fraction of sp³-hybridized carbons (Fsp3) is 0.935. The molecule has 10 nitrogen and oxygen atoms in total.